The third-order valence-corrected chi connectivity index (χ3v) is 2.81. The minimum Gasteiger partial charge on any atom is -0.309 e. The Labute approximate surface area is 79.3 Å². The summed E-state index contributed by atoms with van der Waals surface area (Å²) in [5.41, 5.74) is 2.25. The molecule has 2 rings (SSSR count). The van der Waals surface area contributed by atoms with Crippen LogP contribution in [0.25, 0.3) is 0 Å². The summed E-state index contributed by atoms with van der Waals surface area (Å²) in [4.78, 5) is 0. The van der Waals surface area contributed by atoms with Gasteiger partial charge >= 0.3 is 0 Å². The molecule has 0 amide bonds. The van der Waals surface area contributed by atoms with E-state index in [1.165, 1.54) is 24.8 Å². The summed E-state index contributed by atoms with van der Waals surface area (Å²) in [7, 11) is 0. The first-order valence-corrected chi connectivity index (χ1v) is 5.00. The topological polar surface area (TPSA) is 23.9 Å². The minimum atomic E-state index is 0.412. The molecule has 1 saturated carbocycles. The maximum atomic E-state index is 7.88. The van der Waals surface area contributed by atoms with E-state index in [0.29, 0.717) is 5.92 Å². The third kappa shape index (κ3) is 1.80. The quantitative estimate of drug-likeness (QED) is 0.673. The standard InChI is InChI=1S/C12H15N/c13-12-9-5-4-8-11(12)10-6-2-1-3-7-10/h1-3,6-7,11,13H,4-5,8-9H2. The molecular weight excluding hydrogens is 158 g/mol. The second-order valence-corrected chi connectivity index (χ2v) is 3.73. The van der Waals surface area contributed by atoms with Gasteiger partial charge in [0, 0.05) is 11.6 Å². The summed E-state index contributed by atoms with van der Waals surface area (Å²) >= 11 is 0. The van der Waals surface area contributed by atoms with E-state index in [1.807, 2.05) is 6.07 Å². The van der Waals surface area contributed by atoms with Gasteiger partial charge in [-0.3, -0.25) is 0 Å². The zero-order valence-electron chi connectivity index (χ0n) is 7.79. The van der Waals surface area contributed by atoms with Crippen LogP contribution in [0.15, 0.2) is 30.3 Å². The zero-order chi connectivity index (χ0) is 9.10. The Bertz CT molecular complexity index is 289. The van der Waals surface area contributed by atoms with Crippen molar-refractivity contribution in [2.24, 2.45) is 0 Å². The molecule has 0 spiro atoms. The smallest absolute Gasteiger partial charge is 0.0216 e. The fourth-order valence-electron chi connectivity index (χ4n) is 2.07. The number of nitrogens with one attached hydrogen (secondary N) is 1. The molecule has 0 radical (unpaired) electrons. The van der Waals surface area contributed by atoms with Gasteiger partial charge in [0.2, 0.25) is 0 Å². The van der Waals surface area contributed by atoms with E-state index in [0.717, 1.165) is 12.1 Å². The van der Waals surface area contributed by atoms with Crippen molar-refractivity contribution in [3.05, 3.63) is 35.9 Å². The largest absolute Gasteiger partial charge is 0.309 e. The number of hydrogen-bond acceptors (Lipinski definition) is 1. The second-order valence-electron chi connectivity index (χ2n) is 3.73. The molecule has 1 atom stereocenters. The highest BCUT2D eigenvalue weighted by Crippen LogP contribution is 2.29. The van der Waals surface area contributed by atoms with E-state index in [9.17, 15) is 0 Å². The summed E-state index contributed by atoms with van der Waals surface area (Å²) in [6, 6.07) is 10.5. The van der Waals surface area contributed by atoms with E-state index in [1.54, 1.807) is 0 Å². The Morgan fingerprint density at radius 1 is 1.08 bits per heavy atom. The molecule has 1 N–H and O–H groups in total. The van der Waals surface area contributed by atoms with Gasteiger partial charge in [0.25, 0.3) is 0 Å². The highest BCUT2D eigenvalue weighted by Gasteiger charge is 2.19. The minimum absolute atomic E-state index is 0.412. The van der Waals surface area contributed by atoms with E-state index in [-0.39, 0.29) is 0 Å². The molecule has 1 heteroatoms. The molecule has 0 aliphatic heterocycles. The van der Waals surface area contributed by atoms with Crippen LogP contribution < -0.4 is 0 Å². The van der Waals surface area contributed by atoms with Crippen LogP contribution in [0.1, 0.15) is 37.2 Å². The number of hydrogen-bond donors (Lipinski definition) is 1. The van der Waals surface area contributed by atoms with Gasteiger partial charge < -0.3 is 5.41 Å². The Morgan fingerprint density at radius 2 is 1.85 bits per heavy atom. The normalized spacial score (nSPS) is 23.1. The average molecular weight is 173 g/mol. The lowest BCUT2D eigenvalue weighted by atomic mass is 9.82. The Hall–Kier alpha value is -1.11. The predicted octanol–water partition coefficient (Wildman–Crippen LogP) is 3.36. The molecule has 1 nitrogen and oxygen atoms in total. The fourth-order valence-corrected chi connectivity index (χ4v) is 2.07. The Kier molecular flexibility index (Phi) is 2.44. The van der Waals surface area contributed by atoms with E-state index in [2.05, 4.69) is 24.3 Å². The fraction of sp³-hybridized carbons (Fsp3) is 0.417. The van der Waals surface area contributed by atoms with Crippen molar-refractivity contribution in [1.29, 1.82) is 5.41 Å². The monoisotopic (exact) mass is 173 g/mol. The van der Waals surface area contributed by atoms with Crippen molar-refractivity contribution in [1.82, 2.24) is 0 Å². The Balaban J connectivity index is 2.20. The molecule has 13 heavy (non-hydrogen) atoms. The zero-order valence-corrected chi connectivity index (χ0v) is 7.79. The Morgan fingerprint density at radius 3 is 2.54 bits per heavy atom. The van der Waals surface area contributed by atoms with Crippen molar-refractivity contribution < 1.29 is 0 Å². The van der Waals surface area contributed by atoms with E-state index >= 15 is 0 Å². The lowest BCUT2D eigenvalue weighted by molar-refractivity contribution is 0.610. The van der Waals surface area contributed by atoms with Gasteiger partial charge in [-0.05, 0) is 24.8 Å². The van der Waals surface area contributed by atoms with Gasteiger partial charge in [-0.25, -0.2) is 0 Å². The molecule has 0 saturated heterocycles. The van der Waals surface area contributed by atoms with Crippen LogP contribution >= 0.6 is 0 Å². The van der Waals surface area contributed by atoms with Crippen LogP contribution in [-0.4, -0.2) is 5.71 Å². The van der Waals surface area contributed by atoms with Crippen molar-refractivity contribution in [3.63, 3.8) is 0 Å². The van der Waals surface area contributed by atoms with Crippen LogP contribution in [-0.2, 0) is 0 Å². The molecule has 1 aliphatic rings. The van der Waals surface area contributed by atoms with Gasteiger partial charge in [-0.1, -0.05) is 36.8 Å². The second kappa shape index (κ2) is 3.73. The summed E-state index contributed by atoms with van der Waals surface area (Å²) in [5.74, 6) is 0.412. The molecule has 0 bridgehead atoms. The first-order chi connectivity index (χ1) is 6.38. The average Bonchev–Trinajstić information content (AvgIpc) is 2.20. The maximum absolute atomic E-state index is 7.88. The van der Waals surface area contributed by atoms with Gasteiger partial charge in [0.1, 0.15) is 0 Å². The van der Waals surface area contributed by atoms with Crippen molar-refractivity contribution >= 4 is 5.71 Å². The van der Waals surface area contributed by atoms with Crippen molar-refractivity contribution in [2.75, 3.05) is 0 Å². The lowest BCUT2D eigenvalue weighted by Gasteiger charge is -2.23. The van der Waals surface area contributed by atoms with Crippen LogP contribution in [0, 0.1) is 5.41 Å². The van der Waals surface area contributed by atoms with E-state index in [4.69, 9.17) is 5.41 Å². The molecule has 1 fully saturated rings. The molecule has 0 heterocycles. The maximum Gasteiger partial charge on any atom is 0.0216 e. The van der Waals surface area contributed by atoms with Crippen LogP contribution in [0.2, 0.25) is 0 Å². The summed E-state index contributed by atoms with van der Waals surface area (Å²) < 4.78 is 0. The highest BCUT2D eigenvalue weighted by molar-refractivity contribution is 5.88. The molecule has 68 valence electrons. The SMILES string of the molecule is N=C1CCCCC1c1ccccc1. The first-order valence-electron chi connectivity index (χ1n) is 5.00. The summed E-state index contributed by atoms with van der Waals surface area (Å²) in [6.45, 7) is 0. The third-order valence-electron chi connectivity index (χ3n) is 2.81. The molecular formula is C12H15N. The van der Waals surface area contributed by atoms with E-state index < -0.39 is 0 Å². The summed E-state index contributed by atoms with van der Waals surface area (Å²) in [6.07, 6.45) is 4.66. The molecule has 1 unspecified atom stereocenters. The van der Waals surface area contributed by atoms with Gasteiger partial charge in [0.05, 0.1) is 0 Å². The number of rotatable bonds is 1. The molecule has 1 aliphatic carbocycles. The number of benzene rings is 1. The van der Waals surface area contributed by atoms with Crippen molar-refractivity contribution in [3.8, 4) is 0 Å². The molecule has 1 aromatic rings. The highest BCUT2D eigenvalue weighted by atomic mass is 14.5. The van der Waals surface area contributed by atoms with Gasteiger partial charge in [-0.15, -0.1) is 0 Å². The molecule has 0 aromatic heterocycles. The first kappa shape index (κ1) is 8.49. The summed E-state index contributed by atoms with van der Waals surface area (Å²) in [5, 5.41) is 7.88. The lowest BCUT2D eigenvalue weighted by Crippen LogP contribution is -2.16. The molecule has 1 aromatic carbocycles. The van der Waals surface area contributed by atoms with Gasteiger partial charge in [0.15, 0.2) is 0 Å². The van der Waals surface area contributed by atoms with Crippen LogP contribution in [0.3, 0.4) is 0 Å². The van der Waals surface area contributed by atoms with Crippen LogP contribution in [0.5, 0.6) is 0 Å². The van der Waals surface area contributed by atoms with Gasteiger partial charge in [-0.2, -0.15) is 0 Å². The van der Waals surface area contributed by atoms with Crippen LogP contribution in [0.4, 0.5) is 0 Å². The van der Waals surface area contributed by atoms with Crippen molar-refractivity contribution in [2.45, 2.75) is 31.6 Å². The predicted molar refractivity (Wildman–Crippen MR) is 55.4 cm³/mol.